The van der Waals surface area contributed by atoms with Gasteiger partial charge in [-0.05, 0) is 24.6 Å². The molecule has 0 saturated carbocycles. The second-order valence-electron chi connectivity index (χ2n) is 4.12. The molecule has 0 aliphatic carbocycles. The van der Waals surface area contributed by atoms with Crippen LogP contribution < -0.4 is 5.32 Å². The van der Waals surface area contributed by atoms with Crippen molar-refractivity contribution in [3.63, 3.8) is 0 Å². The number of halogens is 1. The van der Waals surface area contributed by atoms with Crippen molar-refractivity contribution >= 4 is 45.6 Å². The molecule has 0 unspecified atom stereocenters. The maximum absolute atomic E-state index is 11.9. The fourth-order valence-electron chi connectivity index (χ4n) is 1.86. The molecule has 0 aliphatic heterocycles. The van der Waals surface area contributed by atoms with E-state index in [-0.39, 0.29) is 15.4 Å². The number of pyridine rings is 1. The topological polar surface area (TPSA) is 85.6 Å². The molecular weight excluding hydrogens is 300 g/mol. The summed E-state index contributed by atoms with van der Waals surface area (Å²) in [5.74, 6) is -0.364. The first-order valence-corrected chi connectivity index (χ1v) is 6.84. The Bertz CT molecular complexity index is 810. The van der Waals surface area contributed by atoms with Crippen molar-refractivity contribution in [1.29, 1.82) is 0 Å². The molecule has 20 heavy (non-hydrogen) atoms. The highest BCUT2D eigenvalue weighted by Gasteiger charge is 2.13. The smallest absolute Gasteiger partial charge is 0.286 e. The molecule has 0 aromatic carbocycles. The number of carbonyl (C=O) groups excluding carboxylic acids is 1. The summed E-state index contributed by atoms with van der Waals surface area (Å²) in [6.07, 6.45) is 1.57. The summed E-state index contributed by atoms with van der Waals surface area (Å²) < 4.78 is 1.92. The van der Waals surface area contributed by atoms with Crippen LogP contribution in [0, 0.1) is 6.92 Å². The van der Waals surface area contributed by atoms with Crippen LogP contribution in [-0.4, -0.2) is 30.9 Å². The van der Waals surface area contributed by atoms with Crippen LogP contribution in [-0.2, 0) is 7.05 Å². The molecule has 102 valence electrons. The lowest BCUT2D eigenvalue weighted by Gasteiger charge is -2.02. The van der Waals surface area contributed by atoms with Crippen molar-refractivity contribution < 1.29 is 4.79 Å². The first-order chi connectivity index (χ1) is 9.54. The number of anilines is 1. The van der Waals surface area contributed by atoms with Gasteiger partial charge in [-0.3, -0.25) is 9.48 Å². The molecule has 0 spiro atoms. The van der Waals surface area contributed by atoms with Gasteiger partial charge in [0.1, 0.15) is 0 Å². The molecule has 9 heteroatoms. The first-order valence-electron chi connectivity index (χ1n) is 5.64. The van der Waals surface area contributed by atoms with Gasteiger partial charge in [0, 0.05) is 12.4 Å². The minimum atomic E-state index is -0.364. The van der Waals surface area contributed by atoms with Crippen LogP contribution in [0.1, 0.15) is 15.5 Å². The zero-order valence-corrected chi connectivity index (χ0v) is 12.2. The second-order valence-corrected chi connectivity index (χ2v) is 5.68. The Kier molecular flexibility index (Phi) is 3.11. The van der Waals surface area contributed by atoms with Crippen molar-refractivity contribution in [2.75, 3.05) is 5.32 Å². The number of aryl methyl sites for hydroxylation is 2. The van der Waals surface area contributed by atoms with Crippen molar-refractivity contribution in [2.45, 2.75) is 6.92 Å². The van der Waals surface area contributed by atoms with E-state index < -0.39 is 0 Å². The van der Waals surface area contributed by atoms with Crippen molar-refractivity contribution in [1.82, 2.24) is 25.0 Å². The normalized spacial score (nSPS) is 10.9. The Labute approximate surface area is 122 Å². The lowest BCUT2D eigenvalue weighted by molar-refractivity contribution is 0.102. The average molecular weight is 309 g/mol. The molecule has 0 bridgehead atoms. The van der Waals surface area contributed by atoms with Crippen LogP contribution in [0.25, 0.3) is 11.0 Å². The maximum Gasteiger partial charge on any atom is 0.286 e. The molecule has 7 nitrogen and oxygen atoms in total. The molecule has 0 radical (unpaired) electrons. The predicted molar refractivity (Wildman–Crippen MR) is 76.1 cm³/mol. The summed E-state index contributed by atoms with van der Waals surface area (Å²) in [6.45, 7) is 1.89. The highest BCUT2D eigenvalue weighted by atomic mass is 35.5. The number of hydrogen-bond acceptors (Lipinski definition) is 6. The standard InChI is InChI=1S/C11H9ClN6OS/c1-5-7-3-6(4-13-8(7)18(2)17-5)14-9(19)10-15-16-11(12)20-10/h3-4H,1-2H3,(H,14,19). The Balaban J connectivity index is 1.91. The maximum atomic E-state index is 11.9. The minimum absolute atomic E-state index is 0.206. The minimum Gasteiger partial charge on any atom is -0.318 e. The van der Waals surface area contributed by atoms with Crippen LogP contribution in [0.15, 0.2) is 12.3 Å². The summed E-state index contributed by atoms with van der Waals surface area (Å²) in [4.78, 5) is 16.2. The van der Waals surface area contributed by atoms with Gasteiger partial charge in [-0.1, -0.05) is 11.3 Å². The number of amides is 1. The van der Waals surface area contributed by atoms with E-state index in [1.54, 1.807) is 10.9 Å². The number of aromatic nitrogens is 5. The van der Waals surface area contributed by atoms with E-state index in [2.05, 4.69) is 25.6 Å². The third-order valence-corrected chi connectivity index (χ3v) is 3.73. The van der Waals surface area contributed by atoms with Gasteiger partial charge in [0.05, 0.1) is 17.6 Å². The molecule has 1 N–H and O–H groups in total. The quantitative estimate of drug-likeness (QED) is 0.783. The van der Waals surface area contributed by atoms with Gasteiger partial charge in [0.15, 0.2) is 5.65 Å². The number of fused-ring (bicyclic) bond motifs is 1. The first kappa shape index (κ1) is 12.9. The van der Waals surface area contributed by atoms with Crippen molar-refractivity contribution in [3.05, 3.63) is 27.4 Å². The van der Waals surface area contributed by atoms with E-state index in [9.17, 15) is 4.79 Å². The van der Waals surface area contributed by atoms with E-state index in [0.717, 1.165) is 28.1 Å². The molecular formula is C11H9ClN6OS. The fourth-order valence-corrected chi connectivity index (χ4v) is 2.58. The second kappa shape index (κ2) is 4.80. The summed E-state index contributed by atoms with van der Waals surface area (Å²) in [5, 5.41) is 15.4. The van der Waals surface area contributed by atoms with Gasteiger partial charge in [-0.15, -0.1) is 10.2 Å². The van der Waals surface area contributed by atoms with Crippen LogP contribution in [0.4, 0.5) is 5.69 Å². The fraction of sp³-hybridized carbons (Fsp3) is 0.182. The average Bonchev–Trinajstić information content (AvgIpc) is 2.95. The molecule has 3 heterocycles. The lowest BCUT2D eigenvalue weighted by atomic mass is 10.2. The SMILES string of the molecule is Cc1nn(C)c2ncc(NC(=O)c3nnc(Cl)s3)cc12. The van der Waals surface area contributed by atoms with Crippen LogP contribution >= 0.6 is 22.9 Å². The van der Waals surface area contributed by atoms with E-state index in [1.165, 1.54) is 0 Å². The summed E-state index contributed by atoms with van der Waals surface area (Å²) in [7, 11) is 1.82. The van der Waals surface area contributed by atoms with Gasteiger partial charge >= 0.3 is 0 Å². The van der Waals surface area contributed by atoms with Crippen molar-refractivity contribution in [3.8, 4) is 0 Å². The third kappa shape index (κ3) is 2.23. The van der Waals surface area contributed by atoms with Gasteiger partial charge in [0.2, 0.25) is 9.47 Å². The molecule has 3 aromatic heterocycles. The molecule has 3 aromatic rings. The Morgan fingerprint density at radius 2 is 2.25 bits per heavy atom. The lowest BCUT2D eigenvalue weighted by Crippen LogP contribution is -2.11. The largest absolute Gasteiger partial charge is 0.318 e. The Morgan fingerprint density at radius 1 is 1.45 bits per heavy atom. The van der Waals surface area contributed by atoms with Crippen LogP contribution in [0.5, 0.6) is 0 Å². The number of carbonyl (C=O) groups is 1. The van der Waals surface area contributed by atoms with E-state index in [1.807, 2.05) is 20.0 Å². The van der Waals surface area contributed by atoms with Crippen molar-refractivity contribution in [2.24, 2.45) is 7.05 Å². The monoisotopic (exact) mass is 308 g/mol. The predicted octanol–water partition coefficient (Wildman–Crippen LogP) is 2.03. The molecule has 0 fully saturated rings. The van der Waals surface area contributed by atoms with Crippen LogP contribution in [0.3, 0.4) is 0 Å². The van der Waals surface area contributed by atoms with Crippen LogP contribution in [0.2, 0.25) is 4.47 Å². The van der Waals surface area contributed by atoms with E-state index >= 15 is 0 Å². The highest BCUT2D eigenvalue weighted by molar-refractivity contribution is 7.17. The van der Waals surface area contributed by atoms with Gasteiger partial charge in [-0.25, -0.2) is 4.98 Å². The van der Waals surface area contributed by atoms with Gasteiger partial charge in [-0.2, -0.15) is 5.10 Å². The zero-order chi connectivity index (χ0) is 14.3. The molecule has 0 saturated heterocycles. The molecule has 3 rings (SSSR count). The van der Waals surface area contributed by atoms with Gasteiger partial charge in [0.25, 0.3) is 5.91 Å². The highest BCUT2D eigenvalue weighted by Crippen LogP contribution is 2.21. The number of hydrogen-bond donors (Lipinski definition) is 1. The summed E-state index contributed by atoms with van der Waals surface area (Å²) in [5.41, 5.74) is 2.19. The Hall–Kier alpha value is -2.06. The summed E-state index contributed by atoms with van der Waals surface area (Å²) in [6, 6.07) is 1.82. The molecule has 0 aliphatic rings. The Morgan fingerprint density at radius 3 is 2.95 bits per heavy atom. The number of rotatable bonds is 2. The number of nitrogens with one attached hydrogen (secondary N) is 1. The van der Waals surface area contributed by atoms with E-state index in [0.29, 0.717) is 5.69 Å². The number of nitrogens with zero attached hydrogens (tertiary/aromatic N) is 5. The zero-order valence-electron chi connectivity index (χ0n) is 10.6. The molecule has 1 amide bonds. The van der Waals surface area contributed by atoms with Gasteiger partial charge < -0.3 is 5.32 Å². The van der Waals surface area contributed by atoms with E-state index in [4.69, 9.17) is 11.6 Å². The molecule has 0 atom stereocenters. The summed E-state index contributed by atoms with van der Waals surface area (Å²) >= 11 is 6.67. The third-order valence-electron chi connectivity index (χ3n) is 2.72.